The molecule has 0 radical (unpaired) electrons. The molecule has 0 bridgehead atoms. The summed E-state index contributed by atoms with van der Waals surface area (Å²) in [7, 11) is 0. The van der Waals surface area contributed by atoms with E-state index in [1.54, 1.807) is 23.1 Å². The summed E-state index contributed by atoms with van der Waals surface area (Å²) < 4.78 is 7.19. The minimum Gasteiger partial charge on any atom is -0.381 e. The van der Waals surface area contributed by atoms with Crippen LogP contribution in [0.25, 0.3) is 10.9 Å². The third-order valence-electron chi connectivity index (χ3n) is 9.10. The molecule has 1 aromatic carbocycles. The number of fused-ring (bicyclic) bond motifs is 2. The lowest BCUT2D eigenvalue weighted by atomic mass is 9.74. The molecule has 0 saturated carbocycles. The van der Waals surface area contributed by atoms with Crippen molar-refractivity contribution in [2.75, 3.05) is 26.3 Å². The Kier molecular flexibility index (Phi) is 9.40. The van der Waals surface area contributed by atoms with Gasteiger partial charge in [0.2, 0.25) is 17.7 Å². The summed E-state index contributed by atoms with van der Waals surface area (Å²) in [6.07, 6.45) is 9.59. The molecule has 2 saturated heterocycles. The Bertz CT molecular complexity index is 1380. The molecule has 0 aliphatic carbocycles. The highest BCUT2D eigenvalue weighted by atomic mass is 16.5. The summed E-state index contributed by atoms with van der Waals surface area (Å²) in [5.41, 5.74) is -0.214. The van der Waals surface area contributed by atoms with Crippen LogP contribution in [0.3, 0.4) is 0 Å². The largest absolute Gasteiger partial charge is 0.381 e. The number of ether oxygens (including phenoxy) is 1. The van der Waals surface area contributed by atoms with Crippen molar-refractivity contribution < 1.29 is 19.1 Å². The van der Waals surface area contributed by atoms with E-state index in [2.05, 4.69) is 41.6 Å². The van der Waals surface area contributed by atoms with Gasteiger partial charge in [0.25, 0.3) is 5.56 Å². The Morgan fingerprint density at radius 1 is 1.12 bits per heavy atom. The predicted molar refractivity (Wildman–Crippen MR) is 159 cm³/mol. The number of para-hydroxylation sites is 1. The number of nitrogens with zero attached hydrogens (tertiary/aromatic N) is 3. The lowest BCUT2D eigenvalue weighted by Gasteiger charge is -2.41. The molecule has 2 fully saturated rings. The zero-order chi connectivity index (χ0) is 29.7. The number of aromatic nitrogens is 2. The van der Waals surface area contributed by atoms with Gasteiger partial charge in [-0.3, -0.25) is 23.7 Å². The Labute approximate surface area is 246 Å². The van der Waals surface area contributed by atoms with Crippen LogP contribution in [-0.4, -0.2) is 70.6 Å². The number of piperidine rings is 1. The van der Waals surface area contributed by atoms with Gasteiger partial charge in [0.05, 0.1) is 29.3 Å². The first kappa shape index (κ1) is 29.9. The van der Waals surface area contributed by atoms with Crippen LogP contribution in [0, 0.1) is 17.3 Å². The van der Waals surface area contributed by atoms with E-state index in [1.165, 1.54) is 10.9 Å². The number of rotatable bonds is 5. The van der Waals surface area contributed by atoms with Gasteiger partial charge in [0.15, 0.2) is 0 Å². The SMILES string of the molecule is CC(C)C[C@H]1NC(=O)C2(C/C=C/C[C@@H]3COCC[C@@H]3NC1=O)CCN(C(=O)CCn1cnc3ccccc3c1=O)CC2. The molecule has 1 aromatic heterocycles. The summed E-state index contributed by atoms with van der Waals surface area (Å²) in [6, 6.07) is 6.61. The molecule has 10 heteroatoms. The van der Waals surface area contributed by atoms with Crippen LogP contribution >= 0.6 is 0 Å². The molecule has 3 aliphatic heterocycles. The Hall–Kier alpha value is -3.53. The monoisotopic (exact) mass is 577 g/mol. The summed E-state index contributed by atoms with van der Waals surface area (Å²) in [6.45, 7) is 6.49. The maximum atomic E-state index is 13.9. The number of hydrogen-bond donors (Lipinski definition) is 2. The summed E-state index contributed by atoms with van der Waals surface area (Å²) in [5, 5.41) is 6.87. The van der Waals surface area contributed by atoms with E-state index in [0.29, 0.717) is 62.9 Å². The summed E-state index contributed by atoms with van der Waals surface area (Å²) in [4.78, 5) is 59.4. The molecule has 2 N–H and O–H groups in total. The number of allylic oxidation sites excluding steroid dienone is 2. The number of nitrogens with one attached hydrogen (secondary N) is 2. The number of carbonyl (C=O) groups is 3. The van der Waals surface area contributed by atoms with Crippen LogP contribution < -0.4 is 16.2 Å². The topological polar surface area (TPSA) is 123 Å². The van der Waals surface area contributed by atoms with Crippen LogP contribution in [0.1, 0.15) is 58.8 Å². The van der Waals surface area contributed by atoms with Gasteiger partial charge in [-0.05, 0) is 56.6 Å². The van der Waals surface area contributed by atoms with Crippen molar-refractivity contribution in [1.82, 2.24) is 25.1 Å². The normalized spacial score (nSPS) is 25.7. The highest BCUT2D eigenvalue weighted by molar-refractivity contribution is 5.90. The molecular formula is C32H43N5O5. The Morgan fingerprint density at radius 3 is 2.69 bits per heavy atom. The smallest absolute Gasteiger partial charge is 0.261 e. The lowest BCUT2D eigenvalue weighted by molar-refractivity contribution is -0.142. The van der Waals surface area contributed by atoms with E-state index in [-0.39, 0.29) is 54.1 Å². The first-order valence-corrected chi connectivity index (χ1v) is 15.3. The minimum absolute atomic E-state index is 0.0337. The number of carbonyl (C=O) groups excluding carboxylic acids is 3. The van der Waals surface area contributed by atoms with Crippen LogP contribution in [0.2, 0.25) is 0 Å². The first-order chi connectivity index (χ1) is 20.3. The van der Waals surface area contributed by atoms with Gasteiger partial charge < -0.3 is 20.3 Å². The van der Waals surface area contributed by atoms with Gasteiger partial charge >= 0.3 is 0 Å². The summed E-state index contributed by atoms with van der Waals surface area (Å²) >= 11 is 0. The van der Waals surface area contributed by atoms with Crippen LogP contribution in [0.15, 0.2) is 47.5 Å². The van der Waals surface area contributed by atoms with E-state index in [9.17, 15) is 19.2 Å². The van der Waals surface area contributed by atoms with Crippen molar-refractivity contribution in [1.29, 1.82) is 0 Å². The number of benzene rings is 1. The minimum atomic E-state index is -0.691. The molecule has 3 atom stereocenters. The fraction of sp³-hybridized carbons (Fsp3) is 0.594. The molecule has 5 rings (SSSR count). The van der Waals surface area contributed by atoms with Crippen LogP contribution in [0.5, 0.6) is 0 Å². The van der Waals surface area contributed by atoms with Gasteiger partial charge in [-0.15, -0.1) is 0 Å². The van der Waals surface area contributed by atoms with Crippen molar-refractivity contribution in [2.45, 2.75) is 77.4 Å². The van der Waals surface area contributed by atoms with Gasteiger partial charge in [0, 0.05) is 44.6 Å². The second-order valence-corrected chi connectivity index (χ2v) is 12.5. The number of amides is 3. The lowest BCUT2D eigenvalue weighted by Crippen LogP contribution is -2.57. The zero-order valence-electron chi connectivity index (χ0n) is 24.7. The fourth-order valence-corrected chi connectivity index (χ4v) is 6.44. The van der Waals surface area contributed by atoms with E-state index in [0.717, 1.165) is 12.8 Å². The van der Waals surface area contributed by atoms with Gasteiger partial charge in [0.1, 0.15) is 6.04 Å². The van der Waals surface area contributed by atoms with Crippen LogP contribution in [0.4, 0.5) is 0 Å². The molecule has 42 heavy (non-hydrogen) atoms. The van der Waals surface area contributed by atoms with E-state index in [4.69, 9.17) is 4.74 Å². The number of likely N-dealkylation sites (tertiary alicyclic amines) is 1. The van der Waals surface area contributed by atoms with Crippen molar-refractivity contribution in [3.63, 3.8) is 0 Å². The summed E-state index contributed by atoms with van der Waals surface area (Å²) in [5.74, 6) is 0.154. The second kappa shape index (κ2) is 13.2. The molecular weight excluding hydrogens is 534 g/mol. The molecule has 4 heterocycles. The standard InChI is InChI=1S/C32H43N5O5/c1-22(2)19-27-29(39)34-25-11-18-42-20-23(25)7-5-6-12-32(31(41)35-27)13-16-36(17-14-32)28(38)10-15-37-21-33-26-9-4-3-8-24(26)30(37)40/h3-6,8-9,21-23,25,27H,7,10-20H2,1-2H3,(H,34,39)(H,35,41)/b6-5+/t23-,25+,27-/m1/s1. The fourth-order valence-electron chi connectivity index (χ4n) is 6.44. The van der Waals surface area contributed by atoms with Crippen molar-refractivity contribution in [2.24, 2.45) is 17.3 Å². The quantitative estimate of drug-likeness (QED) is 0.527. The van der Waals surface area contributed by atoms with Gasteiger partial charge in [-0.1, -0.05) is 38.1 Å². The third-order valence-corrected chi connectivity index (χ3v) is 9.10. The van der Waals surface area contributed by atoms with Crippen LogP contribution in [-0.2, 0) is 25.7 Å². The molecule has 0 unspecified atom stereocenters. The second-order valence-electron chi connectivity index (χ2n) is 12.5. The molecule has 2 aromatic rings. The zero-order valence-corrected chi connectivity index (χ0v) is 24.7. The highest BCUT2D eigenvalue weighted by Gasteiger charge is 2.43. The molecule has 226 valence electrons. The Balaban J connectivity index is 1.26. The molecule has 3 amide bonds. The molecule has 1 spiro atoms. The average molecular weight is 578 g/mol. The van der Waals surface area contributed by atoms with Gasteiger partial charge in [-0.25, -0.2) is 4.98 Å². The number of aryl methyl sites for hydroxylation is 1. The van der Waals surface area contributed by atoms with E-state index < -0.39 is 11.5 Å². The number of hydrogen-bond acceptors (Lipinski definition) is 6. The Morgan fingerprint density at radius 2 is 1.90 bits per heavy atom. The molecule has 3 aliphatic rings. The third kappa shape index (κ3) is 6.75. The first-order valence-electron chi connectivity index (χ1n) is 15.3. The maximum absolute atomic E-state index is 13.9. The highest BCUT2D eigenvalue weighted by Crippen LogP contribution is 2.37. The van der Waals surface area contributed by atoms with Gasteiger partial charge in [-0.2, -0.15) is 0 Å². The van der Waals surface area contributed by atoms with Crippen molar-refractivity contribution in [3.8, 4) is 0 Å². The maximum Gasteiger partial charge on any atom is 0.261 e. The molecule has 10 nitrogen and oxygen atoms in total. The van der Waals surface area contributed by atoms with Crippen molar-refractivity contribution in [3.05, 3.63) is 53.1 Å². The van der Waals surface area contributed by atoms with E-state index in [1.807, 2.05) is 6.07 Å². The average Bonchev–Trinajstić information content (AvgIpc) is 2.99. The van der Waals surface area contributed by atoms with Crippen molar-refractivity contribution >= 4 is 28.6 Å². The predicted octanol–water partition coefficient (Wildman–Crippen LogP) is 2.80. The van der Waals surface area contributed by atoms with E-state index >= 15 is 0 Å².